The molecule has 5 nitrogen and oxygen atoms in total. The van der Waals surface area contributed by atoms with Gasteiger partial charge < -0.3 is 10.5 Å². The summed E-state index contributed by atoms with van der Waals surface area (Å²) in [7, 11) is -3.22. The fourth-order valence-corrected chi connectivity index (χ4v) is 4.82. The molecule has 2 aliphatic rings. The van der Waals surface area contributed by atoms with Crippen molar-refractivity contribution in [2.75, 3.05) is 25.4 Å². The molecule has 0 aromatic rings. The van der Waals surface area contributed by atoms with Crippen LogP contribution in [-0.2, 0) is 14.8 Å². The fraction of sp³-hybridized carbons (Fsp3) is 1.00. The minimum Gasteiger partial charge on any atom is -0.377 e. The van der Waals surface area contributed by atoms with Gasteiger partial charge >= 0.3 is 0 Å². The van der Waals surface area contributed by atoms with E-state index in [2.05, 4.69) is 0 Å². The van der Waals surface area contributed by atoms with E-state index in [-0.39, 0.29) is 17.9 Å². The first-order valence-electron chi connectivity index (χ1n) is 6.94. The predicted octanol–water partition coefficient (Wildman–Crippen LogP) is 0.698. The normalized spacial score (nSPS) is 31.4. The van der Waals surface area contributed by atoms with Gasteiger partial charge in [0, 0.05) is 25.7 Å². The molecule has 0 spiro atoms. The number of piperidine rings is 1. The quantitative estimate of drug-likeness (QED) is 0.820. The van der Waals surface area contributed by atoms with Crippen molar-refractivity contribution in [1.29, 1.82) is 0 Å². The van der Waals surface area contributed by atoms with E-state index < -0.39 is 10.0 Å². The Kier molecular flexibility index (Phi) is 5.00. The third-order valence-electron chi connectivity index (χ3n) is 3.87. The van der Waals surface area contributed by atoms with Crippen molar-refractivity contribution in [3.63, 3.8) is 0 Å². The zero-order valence-corrected chi connectivity index (χ0v) is 11.7. The first-order valence-corrected chi connectivity index (χ1v) is 8.55. The fourth-order valence-electron chi connectivity index (χ4n) is 2.85. The molecule has 2 fully saturated rings. The average Bonchev–Trinajstić information content (AvgIpc) is 2.39. The number of hydrogen-bond donors (Lipinski definition) is 1. The highest BCUT2D eigenvalue weighted by Crippen LogP contribution is 2.22. The van der Waals surface area contributed by atoms with E-state index in [0.29, 0.717) is 19.7 Å². The molecule has 0 saturated carbocycles. The molecule has 0 amide bonds. The van der Waals surface area contributed by atoms with Crippen LogP contribution in [0, 0.1) is 0 Å². The second-order valence-corrected chi connectivity index (χ2v) is 7.23. The number of ether oxygens (including phenoxy) is 1. The van der Waals surface area contributed by atoms with E-state index in [1.54, 1.807) is 4.31 Å². The minimum absolute atomic E-state index is 0.00709. The summed E-state index contributed by atoms with van der Waals surface area (Å²) in [6.07, 6.45) is 5.77. The molecule has 2 atom stereocenters. The summed E-state index contributed by atoms with van der Waals surface area (Å²) >= 11 is 0. The van der Waals surface area contributed by atoms with Gasteiger partial charge in [0.05, 0.1) is 11.9 Å². The Hall–Kier alpha value is -0.170. The summed E-state index contributed by atoms with van der Waals surface area (Å²) in [5, 5.41) is 0. The number of rotatable bonds is 4. The van der Waals surface area contributed by atoms with E-state index >= 15 is 0 Å². The second kappa shape index (κ2) is 6.32. The number of nitrogens with two attached hydrogens (primary N) is 1. The lowest BCUT2D eigenvalue weighted by Crippen LogP contribution is -2.49. The van der Waals surface area contributed by atoms with Crippen LogP contribution in [-0.4, -0.2) is 50.3 Å². The van der Waals surface area contributed by atoms with Crippen LogP contribution in [0.5, 0.6) is 0 Å². The van der Waals surface area contributed by atoms with E-state index in [4.69, 9.17) is 10.5 Å². The predicted molar refractivity (Wildman–Crippen MR) is 70.8 cm³/mol. The molecule has 0 aromatic carbocycles. The highest BCUT2D eigenvalue weighted by molar-refractivity contribution is 7.89. The minimum atomic E-state index is -3.22. The molecule has 2 N–H and O–H groups in total. The van der Waals surface area contributed by atoms with Crippen molar-refractivity contribution in [1.82, 2.24) is 4.31 Å². The van der Waals surface area contributed by atoms with Crippen LogP contribution in [0.4, 0.5) is 0 Å². The van der Waals surface area contributed by atoms with E-state index in [9.17, 15) is 8.42 Å². The summed E-state index contributed by atoms with van der Waals surface area (Å²) in [6, 6.07) is -0.00709. The second-order valence-electron chi connectivity index (χ2n) is 5.26. The van der Waals surface area contributed by atoms with Crippen LogP contribution in [0.15, 0.2) is 0 Å². The molecule has 0 aliphatic carbocycles. The average molecular weight is 276 g/mol. The van der Waals surface area contributed by atoms with Gasteiger partial charge in [0.15, 0.2) is 0 Å². The summed E-state index contributed by atoms with van der Waals surface area (Å²) in [5.41, 5.74) is 5.69. The third kappa shape index (κ3) is 3.44. The molecule has 0 bridgehead atoms. The Bertz CT molecular complexity index is 352. The number of hydrogen-bond acceptors (Lipinski definition) is 4. The van der Waals surface area contributed by atoms with Crippen LogP contribution in [0.1, 0.15) is 38.5 Å². The zero-order valence-electron chi connectivity index (χ0n) is 10.9. The summed E-state index contributed by atoms with van der Waals surface area (Å²) in [6.45, 7) is 1.74. The van der Waals surface area contributed by atoms with Crippen LogP contribution in [0.2, 0.25) is 0 Å². The summed E-state index contributed by atoms with van der Waals surface area (Å²) in [4.78, 5) is 0. The number of nitrogens with zero attached hydrogens (tertiary/aromatic N) is 1. The lowest BCUT2D eigenvalue weighted by atomic mass is 10.1. The maximum absolute atomic E-state index is 12.4. The Labute approximate surface area is 110 Å². The van der Waals surface area contributed by atoms with Crippen LogP contribution in [0.3, 0.4) is 0 Å². The summed E-state index contributed by atoms with van der Waals surface area (Å²) in [5.74, 6) is 0.128. The summed E-state index contributed by atoms with van der Waals surface area (Å²) < 4.78 is 32.0. The molecule has 2 saturated heterocycles. The zero-order chi connectivity index (χ0) is 13.0. The van der Waals surface area contributed by atoms with Crippen molar-refractivity contribution in [2.24, 2.45) is 5.73 Å². The molecule has 6 heteroatoms. The molecule has 2 rings (SSSR count). The van der Waals surface area contributed by atoms with Crippen molar-refractivity contribution >= 4 is 10.0 Å². The lowest BCUT2D eigenvalue weighted by Gasteiger charge is -2.35. The molecule has 106 valence electrons. The molecule has 2 aliphatic heterocycles. The molecular weight excluding hydrogens is 252 g/mol. The van der Waals surface area contributed by atoms with Crippen molar-refractivity contribution in [3.8, 4) is 0 Å². The maximum Gasteiger partial charge on any atom is 0.216 e. The van der Waals surface area contributed by atoms with E-state index in [0.717, 1.165) is 38.5 Å². The van der Waals surface area contributed by atoms with Gasteiger partial charge in [-0.05, 0) is 32.1 Å². The van der Waals surface area contributed by atoms with Gasteiger partial charge in [-0.15, -0.1) is 0 Å². The standard InChI is InChI=1S/C12H24N2O3S/c13-9-11-5-1-3-7-14(11)18(15,16)10-12-6-2-4-8-17-12/h11-12H,1-10,13H2. The van der Waals surface area contributed by atoms with Gasteiger partial charge in [0.25, 0.3) is 0 Å². The number of sulfonamides is 1. The van der Waals surface area contributed by atoms with E-state index in [1.165, 1.54) is 0 Å². The van der Waals surface area contributed by atoms with Crippen LogP contribution < -0.4 is 5.73 Å². The van der Waals surface area contributed by atoms with Crippen molar-refractivity contribution in [3.05, 3.63) is 0 Å². The SMILES string of the molecule is NCC1CCCCN1S(=O)(=O)CC1CCCCO1. The van der Waals surface area contributed by atoms with Crippen LogP contribution in [0.25, 0.3) is 0 Å². The Morgan fingerprint density at radius 1 is 1.17 bits per heavy atom. The van der Waals surface area contributed by atoms with Gasteiger partial charge in [-0.2, -0.15) is 4.31 Å². The molecule has 18 heavy (non-hydrogen) atoms. The lowest BCUT2D eigenvalue weighted by molar-refractivity contribution is 0.0295. The maximum atomic E-state index is 12.4. The van der Waals surface area contributed by atoms with Gasteiger partial charge in [-0.3, -0.25) is 0 Å². The third-order valence-corrected chi connectivity index (χ3v) is 5.86. The Balaban J connectivity index is 1.99. The monoisotopic (exact) mass is 276 g/mol. The first-order chi connectivity index (χ1) is 8.63. The Morgan fingerprint density at radius 2 is 1.94 bits per heavy atom. The van der Waals surface area contributed by atoms with Gasteiger partial charge in [-0.25, -0.2) is 8.42 Å². The van der Waals surface area contributed by atoms with Crippen molar-refractivity contribution < 1.29 is 13.2 Å². The van der Waals surface area contributed by atoms with E-state index in [1.807, 2.05) is 0 Å². The Morgan fingerprint density at radius 3 is 2.61 bits per heavy atom. The van der Waals surface area contributed by atoms with Crippen LogP contribution >= 0.6 is 0 Å². The molecular formula is C12H24N2O3S. The smallest absolute Gasteiger partial charge is 0.216 e. The molecule has 0 radical (unpaired) electrons. The molecule has 2 unspecified atom stereocenters. The topological polar surface area (TPSA) is 72.6 Å². The highest BCUT2D eigenvalue weighted by atomic mass is 32.2. The van der Waals surface area contributed by atoms with Gasteiger partial charge in [0.2, 0.25) is 10.0 Å². The largest absolute Gasteiger partial charge is 0.377 e. The molecule has 0 aromatic heterocycles. The van der Waals surface area contributed by atoms with Gasteiger partial charge in [0.1, 0.15) is 0 Å². The van der Waals surface area contributed by atoms with Gasteiger partial charge in [-0.1, -0.05) is 6.42 Å². The highest BCUT2D eigenvalue weighted by Gasteiger charge is 2.33. The first kappa shape index (κ1) is 14.2. The van der Waals surface area contributed by atoms with Crippen molar-refractivity contribution in [2.45, 2.75) is 50.7 Å². The molecule has 2 heterocycles.